The van der Waals surface area contributed by atoms with Crippen molar-refractivity contribution in [1.82, 2.24) is 0 Å². The van der Waals surface area contributed by atoms with Gasteiger partial charge in [-0.3, -0.25) is 0 Å². The third-order valence-corrected chi connectivity index (χ3v) is 2.97. The minimum atomic E-state index is -0.346. The molecule has 0 amide bonds. The van der Waals surface area contributed by atoms with E-state index in [2.05, 4.69) is 38.1 Å². The lowest BCUT2D eigenvalue weighted by atomic mass is 9.88. The molecule has 0 fully saturated rings. The summed E-state index contributed by atoms with van der Waals surface area (Å²) in [7, 11) is 1.69. The molecule has 1 aromatic carbocycles. The van der Waals surface area contributed by atoms with E-state index in [0.717, 1.165) is 18.4 Å². The average Bonchev–Trinajstić information content (AvgIpc) is 2.29. The average molecular weight is 207 g/mol. The minimum absolute atomic E-state index is 0.346. The minimum Gasteiger partial charge on any atom is -0.382 e. The molecule has 0 spiro atoms. The number of rotatable bonds is 5. The fourth-order valence-corrected chi connectivity index (χ4v) is 1.72. The first-order valence-corrected chi connectivity index (χ1v) is 5.53. The van der Waals surface area contributed by atoms with Crippen LogP contribution in [-0.2, 0) is 16.7 Å². The lowest BCUT2D eigenvalue weighted by molar-refractivity contribution is 0.129. The van der Waals surface area contributed by atoms with Gasteiger partial charge in [0.05, 0.1) is 12.1 Å². The van der Waals surface area contributed by atoms with Crippen LogP contribution >= 0.6 is 0 Å². The zero-order valence-corrected chi connectivity index (χ0v) is 9.92. The summed E-state index contributed by atoms with van der Waals surface area (Å²) in [6.45, 7) is 4.81. The monoisotopic (exact) mass is 207 g/mol. The SMILES string of the molecule is CCc1ccc(C(N)(CC)COC)cc1. The van der Waals surface area contributed by atoms with Gasteiger partial charge in [0.2, 0.25) is 0 Å². The summed E-state index contributed by atoms with van der Waals surface area (Å²) in [6, 6.07) is 8.51. The van der Waals surface area contributed by atoms with Gasteiger partial charge < -0.3 is 10.5 Å². The van der Waals surface area contributed by atoms with Crippen LogP contribution in [-0.4, -0.2) is 13.7 Å². The maximum atomic E-state index is 6.30. The Morgan fingerprint density at radius 1 is 1.20 bits per heavy atom. The van der Waals surface area contributed by atoms with Gasteiger partial charge in [-0.15, -0.1) is 0 Å². The van der Waals surface area contributed by atoms with E-state index >= 15 is 0 Å². The Bertz CT molecular complexity index is 294. The summed E-state index contributed by atoms with van der Waals surface area (Å²) in [6.07, 6.45) is 1.95. The second-order valence-electron chi connectivity index (χ2n) is 3.99. The van der Waals surface area contributed by atoms with E-state index in [1.165, 1.54) is 5.56 Å². The van der Waals surface area contributed by atoms with Gasteiger partial charge in [0.25, 0.3) is 0 Å². The third kappa shape index (κ3) is 2.80. The highest BCUT2D eigenvalue weighted by Gasteiger charge is 2.24. The number of ether oxygens (including phenoxy) is 1. The van der Waals surface area contributed by atoms with Crippen LogP contribution < -0.4 is 5.73 Å². The first kappa shape index (κ1) is 12.2. The van der Waals surface area contributed by atoms with Crippen LogP contribution in [0.15, 0.2) is 24.3 Å². The van der Waals surface area contributed by atoms with Gasteiger partial charge >= 0.3 is 0 Å². The van der Waals surface area contributed by atoms with Crippen molar-refractivity contribution in [3.63, 3.8) is 0 Å². The molecule has 2 heteroatoms. The van der Waals surface area contributed by atoms with Gasteiger partial charge in [0, 0.05) is 7.11 Å². The first-order valence-electron chi connectivity index (χ1n) is 5.53. The van der Waals surface area contributed by atoms with Crippen LogP contribution in [0.25, 0.3) is 0 Å². The van der Waals surface area contributed by atoms with E-state index in [0.29, 0.717) is 6.61 Å². The van der Waals surface area contributed by atoms with Crippen LogP contribution in [0.5, 0.6) is 0 Å². The molecule has 0 saturated carbocycles. The summed E-state index contributed by atoms with van der Waals surface area (Å²) in [5.74, 6) is 0. The first-order chi connectivity index (χ1) is 7.16. The van der Waals surface area contributed by atoms with Crippen molar-refractivity contribution in [3.8, 4) is 0 Å². The topological polar surface area (TPSA) is 35.2 Å². The van der Waals surface area contributed by atoms with Crippen molar-refractivity contribution >= 4 is 0 Å². The largest absolute Gasteiger partial charge is 0.382 e. The fourth-order valence-electron chi connectivity index (χ4n) is 1.72. The van der Waals surface area contributed by atoms with E-state index in [-0.39, 0.29) is 5.54 Å². The van der Waals surface area contributed by atoms with Crippen LogP contribution in [0, 0.1) is 0 Å². The molecule has 1 unspecified atom stereocenters. The number of nitrogens with two attached hydrogens (primary N) is 1. The number of hydrogen-bond acceptors (Lipinski definition) is 2. The molecule has 0 aliphatic rings. The molecule has 2 nitrogen and oxygen atoms in total. The molecular formula is C13H21NO. The van der Waals surface area contributed by atoms with Gasteiger partial charge in [-0.1, -0.05) is 38.1 Å². The second-order valence-corrected chi connectivity index (χ2v) is 3.99. The van der Waals surface area contributed by atoms with Crippen LogP contribution in [0.1, 0.15) is 31.4 Å². The Labute approximate surface area is 92.4 Å². The van der Waals surface area contributed by atoms with Crippen molar-refractivity contribution in [2.24, 2.45) is 5.73 Å². The summed E-state index contributed by atoms with van der Waals surface area (Å²) in [4.78, 5) is 0. The Kier molecular flexibility index (Phi) is 4.30. The lowest BCUT2D eigenvalue weighted by Crippen LogP contribution is -2.40. The predicted octanol–water partition coefficient (Wildman–Crippen LogP) is 2.46. The Hall–Kier alpha value is -0.860. The molecule has 1 atom stereocenters. The number of hydrogen-bond donors (Lipinski definition) is 1. The standard InChI is InChI=1S/C13H21NO/c1-4-11-6-8-12(9-7-11)13(14,5-2)10-15-3/h6-9H,4-5,10,14H2,1-3H3. The second kappa shape index (κ2) is 5.29. The molecule has 15 heavy (non-hydrogen) atoms. The van der Waals surface area contributed by atoms with E-state index in [1.807, 2.05) is 0 Å². The molecule has 0 radical (unpaired) electrons. The van der Waals surface area contributed by atoms with Crippen LogP contribution in [0.3, 0.4) is 0 Å². The zero-order valence-electron chi connectivity index (χ0n) is 9.92. The van der Waals surface area contributed by atoms with Gasteiger partial charge in [0.15, 0.2) is 0 Å². The lowest BCUT2D eigenvalue weighted by Gasteiger charge is -2.28. The summed E-state index contributed by atoms with van der Waals surface area (Å²) < 4.78 is 5.18. The predicted molar refractivity (Wildman–Crippen MR) is 63.9 cm³/mol. The van der Waals surface area contributed by atoms with Gasteiger partial charge in [0.1, 0.15) is 0 Å². The molecule has 1 rings (SSSR count). The van der Waals surface area contributed by atoms with Crippen molar-refractivity contribution in [3.05, 3.63) is 35.4 Å². The molecule has 0 bridgehead atoms. The number of methoxy groups -OCH3 is 1. The van der Waals surface area contributed by atoms with Gasteiger partial charge in [-0.2, -0.15) is 0 Å². The van der Waals surface area contributed by atoms with Gasteiger partial charge in [-0.25, -0.2) is 0 Å². The Balaban J connectivity index is 2.92. The number of aryl methyl sites for hydroxylation is 1. The highest BCUT2D eigenvalue weighted by Crippen LogP contribution is 2.22. The highest BCUT2D eigenvalue weighted by atomic mass is 16.5. The number of benzene rings is 1. The van der Waals surface area contributed by atoms with Gasteiger partial charge in [-0.05, 0) is 24.0 Å². The summed E-state index contributed by atoms with van der Waals surface area (Å²) >= 11 is 0. The van der Waals surface area contributed by atoms with Crippen LogP contribution in [0.2, 0.25) is 0 Å². The van der Waals surface area contributed by atoms with Crippen molar-refractivity contribution in [2.75, 3.05) is 13.7 Å². The molecule has 1 aromatic rings. The maximum Gasteiger partial charge on any atom is 0.0684 e. The fraction of sp³-hybridized carbons (Fsp3) is 0.538. The van der Waals surface area contributed by atoms with E-state index in [9.17, 15) is 0 Å². The van der Waals surface area contributed by atoms with Crippen molar-refractivity contribution in [1.29, 1.82) is 0 Å². The molecule has 2 N–H and O–H groups in total. The molecule has 0 aromatic heterocycles. The highest BCUT2D eigenvalue weighted by molar-refractivity contribution is 5.28. The van der Waals surface area contributed by atoms with Crippen molar-refractivity contribution < 1.29 is 4.74 Å². The van der Waals surface area contributed by atoms with E-state index < -0.39 is 0 Å². The maximum absolute atomic E-state index is 6.30. The molecule has 0 heterocycles. The van der Waals surface area contributed by atoms with E-state index in [1.54, 1.807) is 7.11 Å². The molecule has 84 valence electrons. The zero-order chi connectivity index (χ0) is 11.3. The van der Waals surface area contributed by atoms with Crippen molar-refractivity contribution in [2.45, 2.75) is 32.2 Å². The smallest absolute Gasteiger partial charge is 0.0684 e. The Morgan fingerprint density at radius 3 is 2.20 bits per heavy atom. The third-order valence-electron chi connectivity index (χ3n) is 2.97. The molecule has 0 saturated heterocycles. The quantitative estimate of drug-likeness (QED) is 0.805. The van der Waals surface area contributed by atoms with E-state index in [4.69, 9.17) is 10.5 Å². The Morgan fingerprint density at radius 2 is 1.80 bits per heavy atom. The molecular weight excluding hydrogens is 186 g/mol. The van der Waals surface area contributed by atoms with Crippen LogP contribution in [0.4, 0.5) is 0 Å². The summed E-state index contributed by atoms with van der Waals surface area (Å²) in [5, 5.41) is 0. The molecule has 0 aliphatic carbocycles. The molecule has 0 aliphatic heterocycles. The summed E-state index contributed by atoms with van der Waals surface area (Å²) in [5.41, 5.74) is 8.45. The normalized spacial score (nSPS) is 14.9.